The topological polar surface area (TPSA) is 40.5 Å². The van der Waals surface area contributed by atoms with Gasteiger partial charge in [-0.25, -0.2) is 0 Å². The summed E-state index contributed by atoms with van der Waals surface area (Å²) in [6, 6.07) is 79.8. The van der Waals surface area contributed by atoms with Gasteiger partial charge in [-0.3, -0.25) is 0 Å². The van der Waals surface area contributed by atoms with E-state index in [1.54, 1.807) is 0 Å². The van der Waals surface area contributed by atoms with E-state index in [-0.39, 0.29) is 0 Å². The molecular formula is C60H40BBr3O2. The van der Waals surface area contributed by atoms with E-state index in [2.05, 4.69) is 187 Å². The first kappa shape index (κ1) is 43.5. The van der Waals surface area contributed by atoms with Crippen molar-refractivity contribution in [2.75, 3.05) is 0 Å². The highest BCUT2D eigenvalue weighted by Gasteiger charge is 2.22. The highest BCUT2D eigenvalue weighted by Crippen LogP contribution is 2.46. The van der Waals surface area contributed by atoms with Gasteiger partial charge in [-0.1, -0.05) is 260 Å². The fourth-order valence-electron chi connectivity index (χ4n) is 9.40. The minimum atomic E-state index is -1.50. The van der Waals surface area contributed by atoms with Gasteiger partial charge in [-0.15, -0.1) is 0 Å². The summed E-state index contributed by atoms with van der Waals surface area (Å²) in [6.45, 7) is 0. The average molecular weight is 1040 g/mol. The van der Waals surface area contributed by atoms with Crippen LogP contribution >= 0.6 is 47.8 Å². The summed E-state index contributed by atoms with van der Waals surface area (Å²) in [4.78, 5) is 0. The molecule has 0 heterocycles. The number of rotatable bonds is 4. The van der Waals surface area contributed by atoms with Crippen LogP contribution in [0.3, 0.4) is 0 Å². The minimum Gasteiger partial charge on any atom is -0.423 e. The lowest BCUT2D eigenvalue weighted by Gasteiger charge is -2.19. The molecule has 0 aliphatic rings. The van der Waals surface area contributed by atoms with Gasteiger partial charge in [0.25, 0.3) is 0 Å². The molecule has 2 N–H and O–H groups in total. The Morgan fingerprint density at radius 3 is 0.864 bits per heavy atom. The van der Waals surface area contributed by atoms with Gasteiger partial charge in [0.1, 0.15) is 0 Å². The molecule has 0 aliphatic heterocycles. The third-order valence-electron chi connectivity index (χ3n) is 12.2. The lowest BCUT2D eigenvalue weighted by atomic mass is 9.72. The quantitative estimate of drug-likeness (QED) is 0.136. The predicted molar refractivity (Wildman–Crippen MR) is 294 cm³/mol. The molecule has 12 aromatic carbocycles. The van der Waals surface area contributed by atoms with Gasteiger partial charge in [0.15, 0.2) is 0 Å². The fraction of sp³-hybridized carbons (Fsp3) is 0. The second kappa shape index (κ2) is 19.2. The van der Waals surface area contributed by atoms with Gasteiger partial charge >= 0.3 is 7.12 Å². The van der Waals surface area contributed by atoms with E-state index in [1.807, 2.05) is 91.0 Å². The lowest BCUT2D eigenvalue weighted by molar-refractivity contribution is 0.426. The zero-order chi connectivity index (χ0) is 45.1. The molecule has 6 heteroatoms. The average Bonchev–Trinajstić information content (AvgIpc) is 3.37. The maximum Gasteiger partial charge on any atom is 0.489 e. The first-order valence-electron chi connectivity index (χ1n) is 21.7. The molecule has 0 saturated carbocycles. The van der Waals surface area contributed by atoms with Gasteiger partial charge in [0.2, 0.25) is 0 Å². The molecule has 12 aromatic rings. The first-order chi connectivity index (χ1) is 32.4. The van der Waals surface area contributed by atoms with Crippen LogP contribution in [-0.4, -0.2) is 17.2 Å². The van der Waals surface area contributed by atoms with Gasteiger partial charge < -0.3 is 10.0 Å². The molecule has 0 bridgehead atoms. The van der Waals surface area contributed by atoms with Crippen molar-refractivity contribution in [2.24, 2.45) is 0 Å². The third kappa shape index (κ3) is 8.25. The van der Waals surface area contributed by atoms with E-state index in [0.717, 1.165) is 46.1 Å². The van der Waals surface area contributed by atoms with Gasteiger partial charge in [0, 0.05) is 13.4 Å². The standard InChI is InChI=1S/C30H19Br.C20H15BO2.C10H6Br2/c31-28-19-18-27(21-12-4-5-13-22(21)28)30-25-16-8-6-14-23(25)29(20-10-2-1-3-11-20)24-15-7-9-17-26(24)30;22-21(23)20-17-12-6-4-10-15(17)19(14-8-2-1-3-9-14)16-11-5-7-13-18(16)20;11-9-5-6-10(12)8-4-2-1-3-7(8)9/h1-19H;1-13,22-23H;1-6H. The molecule has 0 aliphatic carbocycles. The van der Waals surface area contributed by atoms with Crippen molar-refractivity contribution in [2.45, 2.75) is 0 Å². The van der Waals surface area contributed by atoms with E-state index in [0.29, 0.717) is 5.46 Å². The fourth-order valence-corrected chi connectivity index (χ4v) is 10.8. The van der Waals surface area contributed by atoms with E-state index in [4.69, 9.17) is 0 Å². The van der Waals surface area contributed by atoms with Crippen molar-refractivity contribution >= 4 is 125 Å². The molecule has 0 spiro atoms. The Kier molecular flexibility index (Phi) is 12.7. The lowest BCUT2D eigenvalue weighted by Crippen LogP contribution is -2.31. The van der Waals surface area contributed by atoms with E-state index < -0.39 is 7.12 Å². The summed E-state index contributed by atoms with van der Waals surface area (Å²) >= 11 is 10.8. The van der Waals surface area contributed by atoms with Crippen LogP contribution in [0.4, 0.5) is 0 Å². The maximum absolute atomic E-state index is 9.94. The number of hydrogen-bond donors (Lipinski definition) is 2. The molecule has 316 valence electrons. The van der Waals surface area contributed by atoms with Crippen molar-refractivity contribution in [1.82, 2.24) is 0 Å². The van der Waals surface area contributed by atoms with E-state index in [9.17, 15) is 10.0 Å². The Morgan fingerprint density at radius 1 is 0.242 bits per heavy atom. The Hall–Kier alpha value is -6.38. The van der Waals surface area contributed by atoms with Gasteiger partial charge in [-0.2, -0.15) is 0 Å². The molecule has 66 heavy (non-hydrogen) atoms. The number of hydrogen-bond acceptors (Lipinski definition) is 2. The van der Waals surface area contributed by atoms with E-state index >= 15 is 0 Å². The monoisotopic (exact) mass is 1040 g/mol. The summed E-state index contributed by atoms with van der Waals surface area (Å²) in [5.41, 5.74) is 7.94. The largest absolute Gasteiger partial charge is 0.489 e. The van der Waals surface area contributed by atoms with Crippen LogP contribution in [0.1, 0.15) is 0 Å². The smallest absolute Gasteiger partial charge is 0.423 e. The first-order valence-corrected chi connectivity index (χ1v) is 24.1. The van der Waals surface area contributed by atoms with Crippen LogP contribution < -0.4 is 5.46 Å². The maximum atomic E-state index is 9.94. The minimum absolute atomic E-state index is 0.566. The van der Waals surface area contributed by atoms with Crippen LogP contribution in [-0.2, 0) is 0 Å². The van der Waals surface area contributed by atoms with Crippen LogP contribution in [0.25, 0.3) is 98.0 Å². The van der Waals surface area contributed by atoms with Crippen LogP contribution in [0.15, 0.2) is 244 Å². The SMILES string of the molecule is Brc1ccc(-c2c3ccccc3c(-c3ccccc3)c3ccccc23)c2ccccc12.Brc1ccc(Br)c2ccccc12.OB(O)c1c2ccccc2c(-c2ccccc2)c2ccccc12. The molecule has 0 radical (unpaired) electrons. The number of benzene rings is 12. The van der Waals surface area contributed by atoms with Crippen molar-refractivity contribution in [3.05, 3.63) is 244 Å². The predicted octanol–water partition coefficient (Wildman–Crippen LogP) is 16.9. The highest BCUT2D eigenvalue weighted by atomic mass is 79.9. The molecule has 0 fully saturated rings. The summed E-state index contributed by atoms with van der Waals surface area (Å²) < 4.78 is 3.41. The van der Waals surface area contributed by atoms with Crippen LogP contribution in [0, 0.1) is 0 Å². The Balaban J connectivity index is 0.000000128. The Labute approximate surface area is 409 Å². The van der Waals surface area contributed by atoms with Crippen molar-refractivity contribution in [1.29, 1.82) is 0 Å². The molecule has 12 rings (SSSR count). The zero-order valence-corrected chi connectivity index (χ0v) is 40.3. The number of halogens is 3. The molecule has 0 atom stereocenters. The molecule has 2 nitrogen and oxygen atoms in total. The third-order valence-corrected chi connectivity index (χ3v) is 14.3. The second-order valence-corrected chi connectivity index (χ2v) is 18.6. The van der Waals surface area contributed by atoms with Crippen molar-refractivity contribution in [3.8, 4) is 33.4 Å². The summed E-state index contributed by atoms with van der Waals surface area (Å²) in [7, 11) is -1.50. The second-order valence-electron chi connectivity index (χ2n) is 16.0. The molecular weight excluding hydrogens is 1000 g/mol. The summed E-state index contributed by atoms with van der Waals surface area (Å²) in [5, 5.41) is 33.8. The Morgan fingerprint density at radius 2 is 0.500 bits per heavy atom. The molecule has 0 aromatic heterocycles. The zero-order valence-electron chi connectivity index (χ0n) is 35.5. The molecule has 0 saturated heterocycles. The van der Waals surface area contributed by atoms with Crippen LogP contribution in [0.5, 0.6) is 0 Å². The van der Waals surface area contributed by atoms with Crippen molar-refractivity contribution < 1.29 is 10.0 Å². The summed E-state index contributed by atoms with van der Waals surface area (Å²) in [6.07, 6.45) is 0. The van der Waals surface area contributed by atoms with Crippen LogP contribution in [0.2, 0.25) is 0 Å². The van der Waals surface area contributed by atoms with Gasteiger partial charge in [0.05, 0.1) is 0 Å². The Bertz CT molecular complexity index is 3570. The summed E-state index contributed by atoms with van der Waals surface area (Å²) in [5.74, 6) is 0. The van der Waals surface area contributed by atoms with Gasteiger partial charge in [-0.05, 0) is 122 Å². The normalized spacial score (nSPS) is 11.1. The number of fused-ring (bicyclic) bond motifs is 6. The van der Waals surface area contributed by atoms with Crippen molar-refractivity contribution in [3.63, 3.8) is 0 Å². The van der Waals surface area contributed by atoms with E-state index in [1.165, 1.54) is 65.3 Å². The highest BCUT2D eigenvalue weighted by molar-refractivity contribution is 9.11. The molecule has 0 amide bonds. The molecule has 0 unspecified atom stereocenters.